The lowest BCUT2D eigenvalue weighted by Crippen LogP contribution is -2.38. The van der Waals surface area contributed by atoms with Crippen molar-refractivity contribution in [3.63, 3.8) is 0 Å². The Morgan fingerprint density at radius 1 is 1.30 bits per heavy atom. The second-order valence-corrected chi connectivity index (χ2v) is 2.56. The fourth-order valence-electron chi connectivity index (χ4n) is 0.778. The van der Waals surface area contributed by atoms with E-state index in [0.29, 0.717) is 19.1 Å². The molecule has 0 unspecified atom stereocenters. The maximum absolute atomic E-state index is 8.61. The van der Waals surface area contributed by atoms with Gasteiger partial charge in [0.1, 0.15) is 6.10 Å². The highest BCUT2D eigenvalue weighted by Gasteiger charge is 2.20. The molecule has 1 aliphatic heterocycles. The Labute approximate surface area is 64.9 Å². The minimum Gasteiger partial charge on any atom is -0.394 e. The predicted octanol–water partition coefficient (Wildman–Crippen LogP) is 0.00150. The van der Waals surface area contributed by atoms with Crippen LogP contribution in [0.5, 0.6) is 0 Å². The van der Waals surface area contributed by atoms with Gasteiger partial charge >= 0.3 is 0 Å². The van der Waals surface area contributed by atoms with Crippen molar-refractivity contribution in [3.05, 3.63) is 0 Å². The third-order valence-corrected chi connectivity index (χ3v) is 1.76. The molecule has 0 saturated carbocycles. The van der Waals surface area contributed by atoms with Crippen molar-refractivity contribution < 1.29 is 14.6 Å². The van der Waals surface area contributed by atoms with E-state index in [0.717, 1.165) is 0 Å². The van der Waals surface area contributed by atoms with Crippen LogP contribution in [0.3, 0.4) is 0 Å². The smallest absolute Gasteiger partial charge is 0.104 e. The van der Waals surface area contributed by atoms with Gasteiger partial charge in [0.15, 0.2) is 0 Å². The summed E-state index contributed by atoms with van der Waals surface area (Å²) in [6.45, 7) is 0.970. The highest BCUT2D eigenvalue weighted by Crippen LogP contribution is 2.07. The molecule has 0 aromatic heterocycles. The summed E-state index contributed by atoms with van der Waals surface area (Å²) in [5.74, 6) is 0.456. The van der Waals surface area contributed by atoms with Gasteiger partial charge in [-0.25, -0.2) is 0 Å². The second-order valence-electron chi connectivity index (χ2n) is 2.25. The lowest BCUT2D eigenvalue weighted by molar-refractivity contribution is -0.137. The van der Waals surface area contributed by atoms with Crippen LogP contribution < -0.4 is 0 Å². The van der Waals surface area contributed by atoms with Crippen LogP contribution in [0.15, 0.2) is 0 Å². The maximum Gasteiger partial charge on any atom is 0.104 e. The van der Waals surface area contributed by atoms with Gasteiger partial charge in [-0.05, 0) is 0 Å². The van der Waals surface area contributed by atoms with Crippen LogP contribution in [0.4, 0.5) is 0 Å². The van der Waals surface area contributed by atoms with E-state index in [1.807, 2.05) is 0 Å². The van der Waals surface area contributed by atoms with Crippen LogP contribution >= 0.6 is 11.6 Å². The molecule has 60 valence electrons. The van der Waals surface area contributed by atoms with Gasteiger partial charge in [-0.1, -0.05) is 0 Å². The molecule has 0 aliphatic carbocycles. The normalized spacial score (nSPS) is 34.2. The van der Waals surface area contributed by atoms with Crippen LogP contribution in [0.2, 0.25) is 0 Å². The molecular weight excluding hydrogens is 156 g/mol. The van der Waals surface area contributed by atoms with E-state index in [2.05, 4.69) is 0 Å². The highest BCUT2D eigenvalue weighted by molar-refractivity contribution is 6.18. The maximum atomic E-state index is 8.61. The summed E-state index contributed by atoms with van der Waals surface area (Å²) in [6.07, 6.45) is -0.149. The summed E-state index contributed by atoms with van der Waals surface area (Å²) in [7, 11) is 0. The topological polar surface area (TPSA) is 38.7 Å². The minimum absolute atomic E-state index is 0.00414. The van der Waals surface area contributed by atoms with Crippen molar-refractivity contribution in [2.45, 2.75) is 12.2 Å². The molecular formula is C6H11ClO3. The second kappa shape index (κ2) is 4.13. The van der Waals surface area contributed by atoms with Crippen LogP contribution in [0.1, 0.15) is 0 Å². The molecule has 1 N–H and O–H groups in total. The standard InChI is InChI=1S/C6H11ClO3/c7-1-5-3-10-6(2-8)4-9-5/h5-6,8H,1-4H2/t5-,6+/m1/s1. The summed E-state index contributed by atoms with van der Waals surface area (Å²) in [6, 6.07) is 0. The number of hydrogen-bond acceptors (Lipinski definition) is 3. The molecule has 0 spiro atoms. The summed E-state index contributed by atoms with van der Waals surface area (Å²) < 4.78 is 10.4. The van der Waals surface area contributed by atoms with Gasteiger partial charge in [-0.15, -0.1) is 11.6 Å². The number of ether oxygens (including phenoxy) is 2. The molecule has 10 heavy (non-hydrogen) atoms. The molecule has 0 radical (unpaired) electrons. The van der Waals surface area contributed by atoms with Crippen molar-refractivity contribution in [3.8, 4) is 0 Å². The van der Waals surface area contributed by atoms with Gasteiger partial charge in [0.05, 0.1) is 31.8 Å². The van der Waals surface area contributed by atoms with Crippen LogP contribution in [-0.2, 0) is 9.47 Å². The molecule has 0 amide bonds. The van der Waals surface area contributed by atoms with Crippen LogP contribution in [-0.4, -0.2) is 43.0 Å². The Hall–Kier alpha value is 0.170. The van der Waals surface area contributed by atoms with Crippen molar-refractivity contribution in [2.75, 3.05) is 25.7 Å². The zero-order valence-corrected chi connectivity index (χ0v) is 6.38. The van der Waals surface area contributed by atoms with Gasteiger partial charge < -0.3 is 14.6 Å². The Morgan fingerprint density at radius 3 is 2.30 bits per heavy atom. The third kappa shape index (κ3) is 2.09. The first-order valence-corrected chi connectivity index (χ1v) is 3.80. The Morgan fingerprint density at radius 2 is 1.90 bits per heavy atom. The van der Waals surface area contributed by atoms with E-state index in [1.165, 1.54) is 0 Å². The molecule has 1 rings (SSSR count). The Balaban J connectivity index is 2.17. The van der Waals surface area contributed by atoms with Crippen molar-refractivity contribution in [1.82, 2.24) is 0 Å². The number of alkyl halides is 1. The van der Waals surface area contributed by atoms with Crippen molar-refractivity contribution in [2.24, 2.45) is 0 Å². The minimum atomic E-state index is -0.153. The number of halogens is 1. The van der Waals surface area contributed by atoms with E-state index in [9.17, 15) is 0 Å². The first-order valence-electron chi connectivity index (χ1n) is 3.27. The molecule has 1 aliphatic rings. The lowest BCUT2D eigenvalue weighted by Gasteiger charge is -2.26. The SMILES string of the molecule is OC[C@H]1CO[C@H](CCl)CO1. The van der Waals surface area contributed by atoms with Gasteiger partial charge in [-0.2, -0.15) is 0 Å². The van der Waals surface area contributed by atoms with E-state index in [1.54, 1.807) is 0 Å². The fourth-order valence-corrected chi connectivity index (χ4v) is 0.956. The van der Waals surface area contributed by atoms with Gasteiger partial charge in [0.2, 0.25) is 0 Å². The summed E-state index contributed by atoms with van der Waals surface area (Å²) in [5.41, 5.74) is 0. The third-order valence-electron chi connectivity index (χ3n) is 1.41. The molecule has 2 atom stereocenters. The first kappa shape index (κ1) is 8.27. The van der Waals surface area contributed by atoms with Crippen LogP contribution in [0.25, 0.3) is 0 Å². The summed E-state index contributed by atoms with van der Waals surface area (Å²) in [4.78, 5) is 0. The van der Waals surface area contributed by atoms with Gasteiger partial charge in [0.25, 0.3) is 0 Å². The fraction of sp³-hybridized carbons (Fsp3) is 1.00. The number of hydrogen-bond donors (Lipinski definition) is 1. The summed E-state index contributed by atoms with van der Waals surface area (Å²) >= 11 is 5.50. The van der Waals surface area contributed by atoms with E-state index >= 15 is 0 Å². The molecule has 1 fully saturated rings. The molecule has 1 heterocycles. The van der Waals surface area contributed by atoms with Crippen LogP contribution in [0, 0.1) is 0 Å². The average Bonchev–Trinajstić information content (AvgIpc) is 2.05. The largest absolute Gasteiger partial charge is 0.394 e. The average molecular weight is 167 g/mol. The first-order chi connectivity index (χ1) is 4.86. The quantitative estimate of drug-likeness (QED) is 0.587. The monoisotopic (exact) mass is 166 g/mol. The Kier molecular flexibility index (Phi) is 3.42. The zero-order valence-electron chi connectivity index (χ0n) is 5.62. The molecule has 3 nitrogen and oxygen atoms in total. The van der Waals surface area contributed by atoms with Gasteiger partial charge in [0, 0.05) is 0 Å². The van der Waals surface area contributed by atoms with E-state index in [4.69, 9.17) is 26.2 Å². The molecule has 0 aromatic carbocycles. The number of rotatable bonds is 2. The zero-order chi connectivity index (χ0) is 7.40. The predicted molar refractivity (Wildman–Crippen MR) is 37.3 cm³/mol. The summed E-state index contributed by atoms with van der Waals surface area (Å²) in [5, 5.41) is 8.61. The molecule has 1 saturated heterocycles. The van der Waals surface area contributed by atoms with Gasteiger partial charge in [-0.3, -0.25) is 0 Å². The lowest BCUT2D eigenvalue weighted by atomic mass is 10.3. The molecule has 0 aromatic rings. The van der Waals surface area contributed by atoms with E-state index < -0.39 is 0 Å². The van der Waals surface area contributed by atoms with Crippen molar-refractivity contribution in [1.29, 1.82) is 0 Å². The number of aliphatic hydroxyl groups is 1. The number of aliphatic hydroxyl groups excluding tert-OH is 1. The van der Waals surface area contributed by atoms with Crippen molar-refractivity contribution >= 4 is 11.6 Å². The Bertz CT molecular complexity index is 79.0. The highest BCUT2D eigenvalue weighted by atomic mass is 35.5. The van der Waals surface area contributed by atoms with E-state index in [-0.39, 0.29) is 18.8 Å². The molecule has 4 heteroatoms. The molecule has 0 bridgehead atoms.